The summed E-state index contributed by atoms with van der Waals surface area (Å²) in [5.74, 6) is 0.298. The van der Waals surface area contributed by atoms with E-state index < -0.39 is 0 Å². The Morgan fingerprint density at radius 1 is 1.89 bits per heavy atom. The first kappa shape index (κ1) is 6.48. The van der Waals surface area contributed by atoms with Gasteiger partial charge in [-0.1, -0.05) is 21.1 Å². The molecule has 0 aliphatic carbocycles. The molecule has 0 aliphatic heterocycles. The standard InChI is InChI=1S/C5H4BrNO2/c6-1-4-2-7-9-5(4)3-8/h2-3H,1H2. The minimum atomic E-state index is 0.298. The normalized spacial score (nSPS) is 9.44. The van der Waals surface area contributed by atoms with Crippen molar-refractivity contribution < 1.29 is 9.32 Å². The lowest BCUT2D eigenvalue weighted by molar-refractivity contribution is 0.109. The molecule has 0 saturated heterocycles. The lowest BCUT2D eigenvalue weighted by Crippen LogP contribution is -1.79. The molecule has 1 rings (SSSR count). The highest BCUT2D eigenvalue weighted by atomic mass is 79.9. The van der Waals surface area contributed by atoms with E-state index in [0.717, 1.165) is 5.56 Å². The molecular formula is C5H4BrNO2. The third-order valence-electron chi connectivity index (χ3n) is 0.927. The van der Waals surface area contributed by atoms with Gasteiger partial charge >= 0.3 is 0 Å². The summed E-state index contributed by atoms with van der Waals surface area (Å²) in [6.45, 7) is 0. The Balaban J connectivity index is 2.98. The van der Waals surface area contributed by atoms with E-state index in [0.29, 0.717) is 17.4 Å². The quantitative estimate of drug-likeness (QED) is 0.522. The maximum absolute atomic E-state index is 10.1. The van der Waals surface area contributed by atoms with Crippen molar-refractivity contribution in [3.05, 3.63) is 17.5 Å². The van der Waals surface area contributed by atoms with Crippen LogP contribution < -0.4 is 0 Å². The molecule has 1 aromatic heterocycles. The van der Waals surface area contributed by atoms with Crippen LogP contribution in [0.4, 0.5) is 0 Å². The smallest absolute Gasteiger partial charge is 0.203 e. The van der Waals surface area contributed by atoms with Gasteiger partial charge in [-0.3, -0.25) is 4.79 Å². The van der Waals surface area contributed by atoms with Crippen LogP contribution in [0.2, 0.25) is 0 Å². The molecular weight excluding hydrogens is 186 g/mol. The van der Waals surface area contributed by atoms with Crippen molar-refractivity contribution in [2.24, 2.45) is 0 Å². The fraction of sp³-hybridized carbons (Fsp3) is 0.200. The number of aromatic nitrogens is 1. The third kappa shape index (κ3) is 1.18. The van der Waals surface area contributed by atoms with E-state index in [-0.39, 0.29) is 0 Å². The van der Waals surface area contributed by atoms with Crippen molar-refractivity contribution in [2.75, 3.05) is 0 Å². The average molecular weight is 190 g/mol. The topological polar surface area (TPSA) is 43.1 Å². The lowest BCUT2D eigenvalue weighted by Gasteiger charge is -1.81. The predicted octanol–water partition coefficient (Wildman–Crippen LogP) is 1.38. The summed E-state index contributed by atoms with van der Waals surface area (Å²) in [6, 6.07) is 0. The van der Waals surface area contributed by atoms with E-state index >= 15 is 0 Å². The van der Waals surface area contributed by atoms with E-state index in [1.165, 1.54) is 6.20 Å². The molecule has 0 fully saturated rings. The molecule has 1 aromatic rings. The summed E-state index contributed by atoms with van der Waals surface area (Å²) in [6.07, 6.45) is 2.15. The Labute approximate surface area is 60.2 Å². The number of hydrogen-bond donors (Lipinski definition) is 0. The summed E-state index contributed by atoms with van der Waals surface area (Å²) in [7, 11) is 0. The lowest BCUT2D eigenvalue weighted by atomic mass is 10.3. The Morgan fingerprint density at radius 3 is 3.11 bits per heavy atom. The van der Waals surface area contributed by atoms with Crippen molar-refractivity contribution in [3.63, 3.8) is 0 Å². The minimum absolute atomic E-state index is 0.298. The summed E-state index contributed by atoms with van der Waals surface area (Å²) >= 11 is 3.17. The van der Waals surface area contributed by atoms with E-state index in [4.69, 9.17) is 0 Å². The van der Waals surface area contributed by atoms with Gasteiger partial charge in [0.05, 0.1) is 6.20 Å². The fourth-order valence-electron chi connectivity index (χ4n) is 0.467. The second-order valence-corrected chi connectivity index (χ2v) is 2.03. The van der Waals surface area contributed by atoms with E-state index in [1.54, 1.807) is 0 Å². The third-order valence-corrected chi connectivity index (χ3v) is 1.53. The SMILES string of the molecule is O=Cc1oncc1CBr. The van der Waals surface area contributed by atoms with Gasteiger partial charge in [0.25, 0.3) is 0 Å². The second kappa shape index (κ2) is 2.77. The van der Waals surface area contributed by atoms with Gasteiger partial charge in [0.1, 0.15) is 0 Å². The van der Waals surface area contributed by atoms with Gasteiger partial charge in [0.2, 0.25) is 5.76 Å². The number of alkyl halides is 1. The molecule has 0 aliphatic rings. The molecule has 0 aromatic carbocycles. The first-order valence-corrected chi connectivity index (χ1v) is 3.45. The zero-order valence-corrected chi connectivity index (χ0v) is 6.09. The van der Waals surface area contributed by atoms with Crippen LogP contribution in [0.5, 0.6) is 0 Å². The molecule has 4 heteroatoms. The molecule has 0 atom stereocenters. The number of carbonyl (C=O) groups excluding carboxylic acids is 1. The van der Waals surface area contributed by atoms with Gasteiger partial charge in [0, 0.05) is 10.9 Å². The Hall–Kier alpha value is -0.640. The molecule has 3 nitrogen and oxygen atoms in total. The maximum atomic E-state index is 10.1. The first-order chi connectivity index (χ1) is 4.38. The fourth-order valence-corrected chi connectivity index (χ4v) is 0.888. The summed E-state index contributed by atoms with van der Waals surface area (Å²) < 4.78 is 4.56. The zero-order valence-electron chi connectivity index (χ0n) is 4.50. The number of aldehydes is 1. The molecule has 0 spiro atoms. The molecule has 1 heterocycles. The van der Waals surface area contributed by atoms with E-state index in [9.17, 15) is 4.79 Å². The first-order valence-electron chi connectivity index (χ1n) is 2.33. The number of rotatable bonds is 2. The maximum Gasteiger partial charge on any atom is 0.203 e. The van der Waals surface area contributed by atoms with Gasteiger partial charge in [-0.2, -0.15) is 0 Å². The van der Waals surface area contributed by atoms with Gasteiger partial charge < -0.3 is 4.52 Å². The molecule has 9 heavy (non-hydrogen) atoms. The molecule has 0 bridgehead atoms. The van der Waals surface area contributed by atoms with Crippen molar-refractivity contribution in [1.82, 2.24) is 5.16 Å². The zero-order chi connectivity index (χ0) is 6.69. The van der Waals surface area contributed by atoms with Crippen LogP contribution in [0.15, 0.2) is 10.7 Å². The van der Waals surface area contributed by atoms with Gasteiger partial charge in [-0.15, -0.1) is 0 Å². The molecule has 0 amide bonds. The highest BCUT2D eigenvalue weighted by Crippen LogP contribution is 2.08. The van der Waals surface area contributed by atoms with Crippen LogP contribution in [0, 0.1) is 0 Å². The van der Waals surface area contributed by atoms with Crippen molar-refractivity contribution >= 4 is 22.2 Å². The van der Waals surface area contributed by atoms with Crippen molar-refractivity contribution in [1.29, 1.82) is 0 Å². The van der Waals surface area contributed by atoms with Crippen LogP contribution in [-0.4, -0.2) is 11.4 Å². The summed E-state index contributed by atoms with van der Waals surface area (Å²) in [4.78, 5) is 10.1. The van der Waals surface area contributed by atoms with Gasteiger partial charge in [-0.25, -0.2) is 0 Å². The molecule has 0 saturated carbocycles. The molecule has 0 unspecified atom stereocenters. The number of hydrogen-bond acceptors (Lipinski definition) is 3. The van der Waals surface area contributed by atoms with Crippen molar-refractivity contribution in [2.45, 2.75) is 5.33 Å². The average Bonchev–Trinajstić information content (AvgIpc) is 2.33. The van der Waals surface area contributed by atoms with Gasteiger partial charge in [-0.05, 0) is 0 Å². The highest BCUT2D eigenvalue weighted by Gasteiger charge is 2.02. The van der Waals surface area contributed by atoms with Crippen LogP contribution in [-0.2, 0) is 5.33 Å². The molecule has 0 N–H and O–H groups in total. The Morgan fingerprint density at radius 2 is 2.67 bits per heavy atom. The summed E-state index contributed by atoms with van der Waals surface area (Å²) in [5.41, 5.74) is 0.782. The predicted molar refractivity (Wildman–Crippen MR) is 34.5 cm³/mol. The summed E-state index contributed by atoms with van der Waals surface area (Å²) in [5, 5.41) is 4.03. The van der Waals surface area contributed by atoms with E-state index in [1.807, 2.05) is 0 Å². The Bertz CT molecular complexity index is 208. The molecule has 0 radical (unpaired) electrons. The van der Waals surface area contributed by atoms with Crippen LogP contribution in [0.25, 0.3) is 0 Å². The number of halogens is 1. The van der Waals surface area contributed by atoms with Crippen LogP contribution in [0.1, 0.15) is 16.1 Å². The largest absolute Gasteiger partial charge is 0.353 e. The second-order valence-electron chi connectivity index (χ2n) is 1.47. The number of nitrogens with zero attached hydrogens (tertiary/aromatic N) is 1. The highest BCUT2D eigenvalue weighted by molar-refractivity contribution is 9.08. The van der Waals surface area contributed by atoms with Crippen molar-refractivity contribution in [3.8, 4) is 0 Å². The molecule has 48 valence electrons. The Kier molecular flexibility index (Phi) is 2.00. The van der Waals surface area contributed by atoms with Gasteiger partial charge in [0.15, 0.2) is 6.29 Å². The minimum Gasteiger partial charge on any atom is -0.353 e. The van der Waals surface area contributed by atoms with Crippen LogP contribution >= 0.6 is 15.9 Å². The van der Waals surface area contributed by atoms with Crippen LogP contribution in [0.3, 0.4) is 0 Å². The number of carbonyl (C=O) groups is 1. The van der Waals surface area contributed by atoms with E-state index in [2.05, 4.69) is 25.6 Å². The monoisotopic (exact) mass is 189 g/mol.